The molecule has 1 atom stereocenters. The number of nitrogens with zero attached hydrogens (tertiary/aromatic N) is 4. The first-order chi connectivity index (χ1) is 11.1. The summed E-state index contributed by atoms with van der Waals surface area (Å²) in [5, 5.41) is 13.5. The number of tetrazole rings is 1. The minimum atomic E-state index is -0.797. The van der Waals surface area contributed by atoms with E-state index in [0.29, 0.717) is 10.0 Å². The summed E-state index contributed by atoms with van der Waals surface area (Å²) in [5.74, 6) is -0.971. The van der Waals surface area contributed by atoms with Gasteiger partial charge in [-0.15, -0.1) is 5.10 Å². The molecule has 0 aliphatic carbocycles. The number of hydrogen-bond donors (Lipinski definition) is 1. The highest BCUT2D eigenvalue weighted by Gasteiger charge is 2.24. The fourth-order valence-electron chi connectivity index (χ4n) is 2.14. The van der Waals surface area contributed by atoms with Gasteiger partial charge in [0.1, 0.15) is 12.1 Å². The van der Waals surface area contributed by atoms with Crippen molar-refractivity contribution in [1.29, 1.82) is 0 Å². The van der Waals surface area contributed by atoms with Crippen molar-refractivity contribution < 1.29 is 9.18 Å². The van der Waals surface area contributed by atoms with Crippen LogP contribution in [0.15, 0.2) is 59.3 Å². The van der Waals surface area contributed by atoms with Gasteiger partial charge in [0.25, 0.3) is 5.91 Å². The van der Waals surface area contributed by atoms with E-state index in [1.807, 2.05) is 6.07 Å². The van der Waals surface area contributed by atoms with Crippen LogP contribution in [0.5, 0.6) is 0 Å². The zero-order valence-electron chi connectivity index (χ0n) is 11.7. The maximum atomic E-state index is 13.9. The molecule has 0 radical (unpaired) electrons. The van der Waals surface area contributed by atoms with Crippen LogP contribution in [-0.4, -0.2) is 26.1 Å². The molecule has 0 spiro atoms. The van der Waals surface area contributed by atoms with E-state index in [2.05, 4.69) is 36.8 Å². The van der Waals surface area contributed by atoms with Crippen molar-refractivity contribution in [3.05, 3.63) is 70.7 Å². The molecule has 0 saturated carbocycles. The Morgan fingerprint density at radius 1 is 1.22 bits per heavy atom. The van der Waals surface area contributed by atoms with Crippen LogP contribution in [0.4, 0.5) is 10.1 Å². The van der Waals surface area contributed by atoms with Crippen molar-refractivity contribution in [2.45, 2.75) is 6.04 Å². The number of rotatable bonds is 4. The Morgan fingerprint density at radius 3 is 2.65 bits per heavy atom. The summed E-state index contributed by atoms with van der Waals surface area (Å²) in [4.78, 5) is 12.6. The molecule has 3 aromatic rings. The molecule has 1 amide bonds. The van der Waals surface area contributed by atoms with Crippen LogP contribution in [0.25, 0.3) is 0 Å². The first-order valence-corrected chi connectivity index (χ1v) is 7.48. The van der Waals surface area contributed by atoms with Crippen LogP contribution in [-0.2, 0) is 4.79 Å². The van der Waals surface area contributed by atoms with E-state index in [-0.39, 0.29) is 5.69 Å². The zero-order valence-corrected chi connectivity index (χ0v) is 13.3. The van der Waals surface area contributed by atoms with Crippen molar-refractivity contribution >= 4 is 27.5 Å². The quantitative estimate of drug-likeness (QED) is 0.760. The molecule has 2 aromatic carbocycles. The second-order valence-corrected chi connectivity index (χ2v) is 5.63. The Hall–Kier alpha value is -2.61. The van der Waals surface area contributed by atoms with Crippen LogP contribution in [0, 0.1) is 5.82 Å². The second-order valence-electron chi connectivity index (χ2n) is 4.72. The molecular formula is C15H11BrFN5O. The minimum absolute atomic E-state index is 0.0900. The Balaban J connectivity index is 1.92. The number of halogens is 2. The molecule has 0 saturated heterocycles. The summed E-state index contributed by atoms with van der Waals surface area (Å²) in [7, 11) is 0. The third-order valence-corrected chi connectivity index (χ3v) is 3.68. The van der Waals surface area contributed by atoms with Crippen molar-refractivity contribution in [3.63, 3.8) is 0 Å². The number of carbonyl (C=O) groups is 1. The molecule has 1 N–H and O–H groups in total. The van der Waals surface area contributed by atoms with E-state index < -0.39 is 17.8 Å². The third-order valence-electron chi connectivity index (χ3n) is 3.18. The molecule has 8 heteroatoms. The van der Waals surface area contributed by atoms with Crippen molar-refractivity contribution in [1.82, 2.24) is 20.2 Å². The lowest BCUT2D eigenvalue weighted by molar-refractivity contribution is -0.118. The molecule has 116 valence electrons. The fourth-order valence-corrected chi connectivity index (χ4v) is 2.47. The molecule has 0 aliphatic heterocycles. The summed E-state index contributed by atoms with van der Waals surface area (Å²) in [5.41, 5.74) is 0.780. The highest BCUT2D eigenvalue weighted by Crippen LogP contribution is 2.23. The SMILES string of the molecule is O=C(Nc1ccc(Br)cc1F)C(c1ccccc1)n1cnnn1. The molecule has 0 bridgehead atoms. The molecule has 1 aromatic heterocycles. The number of benzene rings is 2. The van der Waals surface area contributed by atoms with E-state index >= 15 is 0 Å². The summed E-state index contributed by atoms with van der Waals surface area (Å²) < 4.78 is 15.8. The van der Waals surface area contributed by atoms with E-state index in [1.165, 1.54) is 23.1 Å². The van der Waals surface area contributed by atoms with Crippen LogP contribution in [0.3, 0.4) is 0 Å². The second kappa shape index (κ2) is 6.66. The van der Waals surface area contributed by atoms with Gasteiger partial charge in [0, 0.05) is 4.47 Å². The van der Waals surface area contributed by atoms with Gasteiger partial charge in [-0.2, -0.15) is 0 Å². The van der Waals surface area contributed by atoms with E-state index in [4.69, 9.17) is 0 Å². The molecule has 3 rings (SSSR count). The number of amides is 1. The van der Waals surface area contributed by atoms with Crippen LogP contribution >= 0.6 is 15.9 Å². The van der Waals surface area contributed by atoms with Gasteiger partial charge in [0.05, 0.1) is 5.69 Å². The number of hydrogen-bond acceptors (Lipinski definition) is 4. The molecule has 6 nitrogen and oxygen atoms in total. The third kappa shape index (κ3) is 3.42. The first kappa shape index (κ1) is 15.3. The van der Waals surface area contributed by atoms with Crippen molar-refractivity contribution in [3.8, 4) is 0 Å². The molecular weight excluding hydrogens is 365 g/mol. The lowest BCUT2D eigenvalue weighted by Crippen LogP contribution is -2.28. The Labute approximate surface area is 139 Å². The summed E-state index contributed by atoms with van der Waals surface area (Å²) in [6.45, 7) is 0. The predicted molar refractivity (Wildman–Crippen MR) is 85.1 cm³/mol. The van der Waals surface area contributed by atoms with Crippen molar-refractivity contribution in [2.24, 2.45) is 0 Å². The standard InChI is InChI=1S/C15H11BrFN5O/c16-11-6-7-13(12(17)8-11)19-15(23)14(22-9-18-20-21-22)10-4-2-1-3-5-10/h1-9,14H,(H,19,23). The number of carbonyl (C=O) groups excluding carboxylic acids is 1. The topological polar surface area (TPSA) is 72.7 Å². The largest absolute Gasteiger partial charge is 0.321 e. The van der Waals surface area contributed by atoms with Crippen LogP contribution in [0.1, 0.15) is 11.6 Å². The lowest BCUT2D eigenvalue weighted by atomic mass is 10.1. The Bertz CT molecular complexity index is 810. The molecule has 1 heterocycles. The van der Waals surface area contributed by atoms with E-state index in [1.54, 1.807) is 30.3 Å². The number of anilines is 1. The van der Waals surface area contributed by atoms with Gasteiger partial charge in [0.15, 0.2) is 6.04 Å². The number of aromatic nitrogens is 4. The Morgan fingerprint density at radius 2 is 2.00 bits per heavy atom. The maximum Gasteiger partial charge on any atom is 0.254 e. The first-order valence-electron chi connectivity index (χ1n) is 6.68. The molecule has 1 unspecified atom stereocenters. The maximum absolute atomic E-state index is 13.9. The minimum Gasteiger partial charge on any atom is -0.321 e. The van der Waals surface area contributed by atoms with Crippen LogP contribution in [0.2, 0.25) is 0 Å². The summed E-state index contributed by atoms with van der Waals surface area (Å²) in [6, 6.07) is 12.6. The molecule has 23 heavy (non-hydrogen) atoms. The predicted octanol–water partition coefficient (Wildman–Crippen LogP) is 2.80. The average Bonchev–Trinajstić information content (AvgIpc) is 3.05. The smallest absolute Gasteiger partial charge is 0.254 e. The van der Waals surface area contributed by atoms with E-state index in [9.17, 15) is 9.18 Å². The fraction of sp³-hybridized carbons (Fsp3) is 0.0667. The molecule has 0 aliphatic rings. The monoisotopic (exact) mass is 375 g/mol. The normalized spacial score (nSPS) is 11.9. The van der Waals surface area contributed by atoms with Gasteiger partial charge in [-0.05, 0) is 34.2 Å². The lowest BCUT2D eigenvalue weighted by Gasteiger charge is -2.17. The molecule has 0 fully saturated rings. The highest BCUT2D eigenvalue weighted by molar-refractivity contribution is 9.10. The van der Waals surface area contributed by atoms with Gasteiger partial charge >= 0.3 is 0 Å². The zero-order chi connectivity index (χ0) is 16.2. The summed E-state index contributed by atoms with van der Waals surface area (Å²) in [6.07, 6.45) is 1.34. The average molecular weight is 376 g/mol. The van der Waals surface area contributed by atoms with Crippen molar-refractivity contribution in [2.75, 3.05) is 5.32 Å². The van der Waals surface area contributed by atoms with Gasteiger partial charge in [-0.1, -0.05) is 46.3 Å². The van der Waals surface area contributed by atoms with Gasteiger partial charge in [-0.3, -0.25) is 4.79 Å². The highest BCUT2D eigenvalue weighted by atomic mass is 79.9. The van der Waals surface area contributed by atoms with E-state index in [0.717, 1.165) is 0 Å². The van der Waals surface area contributed by atoms with Gasteiger partial charge < -0.3 is 5.32 Å². The Kier molecular flexibility index (Phi) is 4.42. The number of nitrogens with one attached hydrogen (secondary N) is 1. The van der Waals surface area contributed by atoms with Crippen LogP contribution < -0.4 is 5.32 Å². The summed E-state index contributed by atoms with van der Waals surface area (Å²) >= 11 is 3.18. The van der Waals surface area contributed by atoms with Gasteiger partial charge in [-0.25, -0.2) is 9.07 Å². The van der Waals surface area contributed by atoms with Gasteiger partial charge in [0.2, 0.25) is 0 Å².